The number of carbonyl (C=O) groups is 1. The molecule has 1 aliphatic heterocycles. The number of esters is 1. The molecular formula is C21H36O2Si. The molecule has 0 aromatic heterocycles. The Labute approximate surface area is 149 Å². The Morgan fingerprint density at radius 3 is 2.08 bits per heavy atom. The second-order valence-electron chi connectivity index (χ2n) is 8.77. The molecule has 0 amide bonds. The third-order valence-corrected chi connectivity index (χ3v) is 13.2. The molecule has 1 aliphatic carbocycles. The molecule has 0 aromatic rings. The summed E-state index contributed by atoms with van der Waals surface area (Å²) >= 11 is 0. The van der Waals surface area contributed by atoms with Crippen LogP contribution in [0.25, 0.3) is 0 Å². The van der Waals surface area contributed by atoms with Gasteiger partial charge >= 0.3 is 5.97 Å². The van der Waals surface area contributed by atoms with Gasteiger partial charge in [-0.3, -0.25) is 0 Å². The molecule has 0 unspecified atom stereocenters. The first-order chi connectivity index (χ1) is 11.3. The van der Waals surface area contributed by atoms with Gasteiger partial charge in [0.15, 0.2) is 0 Å². The standard InChI is InChI=1S/C21H36O2Si/c1-15(2)24(16(3)4,17(5)6)14-20-19(13-21(22)23-20)12-18-10-8-7-9-11-18/h13-18H,7-12H2,1-6H3/b20-14-. The van der Waals surface area contributed by atoms with Crippen LogP contribution in [0.4, 0.5) is 0 Å². The summed E-state index contributed by atoms with van der Waals surface area (Å²) in [5, 5.41) is 0. The number of cyclic esters (lactones) is 1. The molecule has 0 saturated heterocycles. The first-order valence-electron chi connectivity index (χ1n) is 9.93. The zero-order valence-corrected chi connectivity index (χ0v) is 17.5. The maximum Gasteiger partial charge on any atom is 0.336 e. The van der Waals surface area contributed by atoms with Crippen LogP contribution in [0.3, 0.4) is 0 Å². The third-order valence-electron chi connectivity index (χ3n) is 6.43. The average molecular weight is 349 g/mol. The van der Waals surface area contributed by atoms with Crippen molar-refractivity contribution >= 4 is 14.0 Å². The molecule has 1 saturated carbocycles. The van der Waals surface area contributed by atoms with E-state index in [-0.39, 0.29) is 5.97 Å². The smallest absolute Gasteiger partial charge is 0.336 e. The highest BCUT2D eigenvalue weighted by Gasteiger charge is 2.42. The Bertz CT molecular complexity index is 486. The van der Waals surface area contributed by atoms with Crippen molar-refractivity contribution in [2.75, 3.05) is 0 Å². The van der Waals surface area contributed by atoms with E-state index < -0.39 is 8.07 Å². The molecule has 2 aliphatic rings. The van der Waals surface area contributed by atoms with Crippen LogP contribution in [0.5, 0.6) is 0 Å². The molecule has 0 atom stereocenters. The van der Waals surface area contributed by atoms with E-state index in [0.29, 0.717) is 16.6 Å². The van der Waals surface area contributed by atoms with Gasteiger partial charge in [0.2, 0.25) is 0 Å². The van der Waals surface area contributed by atoms with Gasteiger partial charge < -0.3 is 4.74 Å². The average Bonchev–Trinajstić information content (AvgIpc) is 2.84. The molecule has 1 heterocycles. The van der Waals surface area contributed by atoms with Crippen LogP contribution in [0, 0.1) is 5.92 Å². The first kappa shape index (κ1) is 19.5. The van der Waals surface area contributed by atoms with E-state index in [1.54, 1.807) is 6.08 Å². The number of allylic oxidation sites excluding steroid dienone is 1. The maximum absolute atomic E-state index is 12.0. The molecule has 3 heteroatoms. The van der Waals surface area contributed by atoms with Crippen molar-refractivity contribution in [3.63, 3.8) is 0 Å². The quantitative estimate of drug-likeness (QED) is 0.402. The molecular weight excluding hydrogens is 312 g/mol. The van der Waals surface area contributed by atoms with Crippen LogP contribution in [-0.2, 0) is 9.53 Å². The van der Waals surface area contributed by atoms with Crippen LogP contribution in [0.2, 0.25) is 16.6 Å². The lowest BCUT2D eigenvalue weighted by Crippen LogP contribution is -2.43. The van der Waals surface area contributed by atoms with E-state index in [0.717, 1.165) is 18.1 Å². The fraction of sp³-hybridized carbons (Fsp3) is 0.762. The maximum atomic E-state index is 12.0. The van der Waals surface area contributed by atoms with E-state index in [1.807, 2.05) is 0 Å². The minimum atomic E-state index is -1.71. The highest BCUT2D eigenvalue weighted by atomic mass is 28.3. The van der Waals surface area contributed by atoms with Gasteiger partial charge in [-0.1, -0.05) is 79.3 Å². The zero-order chi connectivity index (χ0) is 17.9. The van der Waals surface area contributed by atoms with E-state index in [1.165, 1.54) is 37.7 Å². The number of ether oxygens (including phenoxy) is 1. The molecule has 2 nitrogen and oxygen atoms in total. The van der Waals surface area contributed by atoms with Crippen molar-refractivity contribution in [1.29, 1.82) is 0 Å². The van der Waals surface area contributed by atoms with Crippen molar-refractivity contribution in [2.24, 2.45) is 5.92 Å². The summed E-state index contributed by atoms with van der Waals surface area (Å²) < 4.78 is 5.69. The molecule has 24 heavy (non-hydrogen) atoms. The second kappa shape index (κ2) is 8.03. The second-order valence-corrected chi connectivity index (χ2v) is 14.5. The van der Waals surface area contributed by atoms with Gasteiger partial charge in [-0.2, -0.15) is 0 Å². The van der Waals surface area contributed by atoms with Crippen molar-refractivity contribution in [2.45, 2.75) is 96.7 Å². The van der Waals surface area contributed by atoms with Crippen molar-refractivity contribution < 1.29 is 9.53 Å². The van der Waals surface area contributed by atoms with Crippen molar-refractivity contribution in [1.82, 2.24) is 0 Å². The third kappa shape index (κ3) is 4.04. The van der Waals surface area contributed by atoms with Gasteiger partial charge in [-0.15, -0.1) is 0 Å². The Morgan fingerprint density at radius 1 is 1.04 bits per heavy atom. The summed E-state index contributed by atoms with van der Waals surface area (Å²) in [6.07, 6.45) is 9.46. The van der Waals surface area contributed by atoms with Gasteiger partial charge in [0.1, 0.15) is 5.76 Å². The Morgan fingerprint density at radius 2 is 1.58 bits per heavy atom. The fourth-order valence-corrected chi connectivity index (χ4v) is 10.8. The Kier molecular flexibility index (Phi) is 6.52. The van der Waals surface area contributed by atoms with Gasteiger partial charge in [-0.05, 0) is 29.0 Å². The summed E-state index contributed by atoms with van der Waals surface area (Å²) in [5.74, 6) is 1.48. The molecule has 2 rings (SSSR count). The molecule has 0 spiro atoms. The van der Waals surface area contributed by atoms with E-state index >= 15 is 0 Å². The van der Waals surface area contributed by atoms with Gasteiger partial charge in [0.25, 0.3) is 0 Å². The molecule has 0 radical (unpaired) electrons. The predicted octanol–water partition coefficient (Wildman–Crippen LogP) is 6.54. The van der Waals surface area contributed by atoms with Crippen LogP contribution in [-0.4, -0.2) is 14.0 Å². The monoisotopic (exact) mass is 348 g/mol. The van der Waals surface area contributed by atoms with E-state index in [2.05, 4.69) is 47.2 Å². The van der Waals surface area contributed by atoms with Crippen molar-refractivity contribution in [3.8, 4) is 0 Å². The van der Waals surface area contributed by atoms with Gasteiger partial charge in [-0.25, -0.2) is 4.79 Å². The lowest BCUT2D eigenvalue weighted by atomic mass is 9.84. The van der Waals surface area contributed by atoms with Crippen LogP contribution >= 0.6 is 0 Å². The van der Waals surface area contributed by atoms with Crippen molar-refractivity contribution in [3.05, 3.63) is 23.1 Å². The highest BCUT2D eigenvalue weighted by molar-refractivity contribution is 6.88. The number of hydrogen-bond acceptors (Lipinski definition) is 2. The minimum absolute atomic E-state index is 0.161. The summed E-state index contributed by atoms with van der Waals surface area (Å²) in [7, 11) is -1.71. The number of hydrogen-bond donors (Lipinski definition) is 0. The number of rotatable bonds is 6. The van der Waals surface area contributed by atoms with Gasteiger partial charge in [0.05, 0.1) is 8.07 Å². The lowest BCUT2D eigenvalue weighted by Gasteiger charge is -2.41. The molecule has 136 valence electrons. The normalized spacial score (nSPS) is 22.0. The molecule has 1 fully saturated rings. The van der Waals surface area contributed by atoms with E-state index in [9.17, 15) is 4.79 Å². The topological polar surface area (TPSA) is 26.3 Å². The highest BCUT2D eigenvalue weighted by Crippen LogP contribution is 2.45. The fourth-order valence-electron chi connectivity index (χ4n) is 5.13. The molecule has 0 N–H and O–H groups in total. The first-order valence-corrected chi connectivity index (χ1v) is 12.2. The largest absolute Gasteiger partial charge is 0.424 e. The predicted molar refractivity (Wildman–Crippen MR) is 104 cm³/mol. The lowest BCUT2D eigenvalue weighted by molar-refractivity contribution is -0.132. The zero-order valence-electron chi connectivity index (χ0n) is 16.5. The molecule has 0 bridgehead atoms. The van der Waals surface area contributed by atoms with Crippen LogP contribution < -0.4 is 0 Å². The van der Waals surface area contributed by atoms with E-state index in [4.69, 9.17) is 4.74 Å². The Hall–Kier alpha value is -0.833. The summed E-state index contributed by atoms with van der Waals surface area (Å²) in [6, 6.07) is 0. The summed E-state index contributed by atoms with van der Waals surface area (Å²) in [5.41, 5.74) is 5.53. The Balaban J connectivity index is 2.30. The van der Waals surface area contributed by atoms with Gasteiger partial charge in [0, 0.05) is 11.6 Å². The minimum Gasteiger partial charge on any atom is -0.424 e. The summed E-state index contributed by atoms with van der Waals surface area (Å²) in [4.78, 5) is 12.0. The SMILES string of the molecule is CC(C)[Si](/C=C1\OC(=O)C=C1CC1CCCCC1)(C(C)C)C(C)C. The van der Waals surface area contributed by atoms with Crippen LogP contribution in [0.1, 0.15) is 80.1 Å². The summed E-state index contributed by atoms with van der Waals surface area (Å²) in [6.45, 7) is 14.1. The molecule has 0 aromatic carbocycles. The number of carbonyl (C=O) groups excluding carboxylic acids is 1. The van der Waals surface area contributed by atoms with Crippen LogP contribution in [0.15, 0.2) is 23.1 Å².